The van der Waals surface area contributed by atoms with Crippen molar-refractivity contribution in [1.29, 1.82) is 5.26 Å². The van der Waals surface area contributed by atoms with Crippen molar-refractivity contribution in [2.24, 2.45) is 0 Å². The average molecular weight is 286 g/mol. The van der Waals surface area contributed by atoms with E-state index >= 15 is 0 Å². The van der Waals surface area contributed by atoms with Crippen LogP contribution in [0.5, 0.6) is 0 Å². The van der Waals surface area contributed by atoms with Gasteiger partial charge in [0.05, 0.1) is 5.56 Å². The normalized spacial score (nSPS) is 10.5. The Balaban J connectivity index is 2.05. The van der Waals surface area contributed by atoms with E-state index in [1.807, 2.05) is 25.1 Å². The molecule has 0 fully saturated rings. The summed E-state index contributed by atoms with van der Waals surface area (Å²) in [4.78, 5) is 12.7. The molecule has 5 heteroatoms. The fourth-order valence-electron chi connectivity index (χ4n) is 1.42. The molecule has 0 aliphatic rings. The number of carbonyl (C=O) groups excluding carboxylic acids is 1. The molecule has 0 amide bonds. The van der Waals surface area contributed by atoms with E-state index in [0.29, 0.717) is 16.2 Å². The third kappa shape index (κ3) is 3.31. The highest BCUT2D eigenvalue weighted by Crippen LogP contribution is 2.27. The lowest BCUT2D eigenvalue weighted by Gasteiger charge is -1.94. The number of ketones is 1. The van der Waals surface area contributed by atoms with Gasteiger partial charge in [-0.25, -0.2) is 0 Å². The number of nitriles is 1. The number of aromatic nitrogens is 1. The zero-order chi connectivity index (χ0) is 13.7. The molecule has 0 aliphatic heterocycles. The number of nitrogens with zero attached hydrogens (tertiary/aromatic N) is 2. The van der Waals surface area contributed by atoms with E-state index in [-0.39, 0.29) is 5.78 Å². The summed E-state index contributed by atoms with van der Waals surface area (Å²) in [6.07, 6.45) is 1.50. The number of hydrogen-bond acceptors (Lipinski definition) is 5. The van der Waals surface area contributed by atoms with Crippen LogP contribution in [0.1, 0.15) is 20.8 Å². The Morgan fingerprint density at radius 1 is 1.42 bits per heavy atom. The predicted molar refractivity (Wildman–Crippen MR) is 77.3 cm³/mol. The highest BCUT2D eigenvalue weighted by atomic mass is 32.2. The minimum absolute atomic E-state index is 0.0569. The second-order valence-corrected chi connectivity index (χ2v) is 5.55. The molecule has 3 nitrogen and oxygen atoms in total. The monoisotopic (exact) mass is 286 g/mol. The summed E-state index contributed by atoms with van der Waals surface area (Å²) < 4.78 is 4.18. The molecule has 0 N–H and O–H groups in total. The van der Waals surface area contributed by atoms with Gasteiger partial charge in [0.1, 0.15) is 11.1 Å². The number of hydrogen-bond donors (Lipinski definition) is 0. The molecule has 0 saturated carbocycles. The first kappa shape index (κ1) is 13.5. The highest BCUT2D eigenvalue weighted by molar-refractivity contribution is 8.02. The van der Waals surface area contributed by atoms with Crippen molar-refractivity contribution in [2.45, 2.75) is 11.9 Å². The molecule has 0 atom stereocenters. The van der Waals surface area contributed by atoms with Crippen molar-refractivity contribution in [2.75, 3.05) is 0 Å². The molecule has 0 saturated heterocycles. The van der Waals surface area contributed by atoms with Crippen molar-refractivity contribution in [3.63, 3.8) is 0 Å². The number of allylic oxidation sites excluding steroid dienone is 1. The molecule has 19 heavy (non-hydrogen) atoms. The maximum atomic E-state index is 11.8. The van der Waals surface area contributed by atoms with Gasteiger partial charge in [-0.3, -0.25) is 4.79 Å². The third-order valence-corrected chi connectivity index (χ3v) is 4.06. The molecule has 2 rings (SSSR count). The summed E-state index contributed by atoms with van der Waals surface area (Å²) >= 11 is 2.59. The molecule has 1 aromatic heterocycles. The van der Waals surface area contributed by atoms with Crippen LogP contribution in [0.25, 0.3) is 0 Å². The lowest BCUT2D eigenvalue weighted by molar-refractivity contribution is 0.104. The maximum absolute atomic E-state index is 11.8. The molecule has 0 unspecified atom stereocenters. The zero-order valence-corrected chi connectivity index (χ0v) is 11.8. The van der Waals surface area contributed by atoms with Gasteiger partial charge in [0.15, 0.2) is 5.78 Å². The Bertz CT molecular complexity index is 654. The van der Waals surface area contributed by atoms with Gasteiger partial charge in [0.25, 0.3) is 0 Å². The van der Waals surface area contributed by atoms with Gasteiger partial charge in [-0.1, -0.05) is 42.1 Å². The summed E-state index contributed by atoms with van der Waals surface area (Å²) in [7, 11) is 0. The molecule has 0 bridgehead atoms. The molecule has 0 radical (unpaired) electrons. The zero-order valence-electron chi connectivity index (χ0n) is 10.2. The van der Waals surface area contributed by atoms with Crippen molar-refractivity contribution in [1.82, 2.24) is 4.37 Å². The van der Waals surface area contributed by atoms with Crippen LogP contribution >= 0.6 is 23.3 Å². The van der Waals surface area contributed by atoms with E-state index < -0.39 is 0 Å². The summed E-state index contributed by atoms with van der Waals surface area (Å²) in [5.41, 5.74) is 1.24. The maximum Gasteiger partial charge on any atom is 0.186 e. The molecule has 0 aliphatic carbocycles. The topological polar surface area (TPSA) is 53.8 Å². The molecule has 2 aromatic rings. The number of carbonyl (C=O) groups is 1. The lowest BCUT2D eigenvalue weighted by atomic mass is 10.1. The average Bonchev–Trinajstić information content (AvgIpc) is 2.80. The van der Waals surface area contributed by atoms with E-state index in [0.717, 1.165) is 4.88 Å². The minimum Gasteiger partial charge on any atom is -0.289 e. The van der Waals surface area contributed by atoms with Crippen molar-refractivity contribution in [3.05, 3.63) is 57.8 Å². The fraction of sp³-hybridized carbons (Fsp3) is 0.0714. The van der Waals surface area contributed by atoms with Crippen LogP contribution in [0.2, 0.25) is 0 Å². The quantitative estimate of drug-likeness (QED) is 0.487. The Hall–Kier alpha value is -1.90. The van der Waals surface area contributed by atoms with Gasteiger partial charge in [0, 0.05) is 10.4 Å². The van der Waals surface area contributed by atoms with Crippen LogP contribution in [0.4, 0.5) is 0 Å². The van der Waals surface area contributed by atoms with Gasteiger partial charge in [-0.2, -0.15) is 9.64 Å². The predicted octanol–water partition coefficient (Wildman–Crippen LogP) is 3.81. The first-order chi connectivity index (χ1) is 9.22. The Morgan fingerprint density at radius 2 is 2.16 bits per heavy atom. The smallest absolute Gasteiger partial charge is 0.186 e. The van der Waals surface area contributed by atoms with E-state index in [2.05, 4.69) is 10.4 Å². The Morgan fingerprint density at radius 3 is 2.84 bits per heavy atom. The summed E-state index contributed by atoms with van der Waals surface area (Å²) in [6, 6.07) is 11.2. The van der Waals surface area contributed by atoms with Gasteiger partial charge < -0.3 is 0 Å². The first-order valence-electron chi connectivity index (χ1n) is 5.51. The van der Waals surface area contributed by atoms with Crippen molar-refractivity contribution in [3.8, 4) is 6.07 Å². The lowest BCUT2D eigenvalue weighted by Crippen LogP contribution is -1.92. The van der Waals surface area contributed by atoms with E-state index in [9.17, 15) is 4.79 Å². The number of rotatable bonds is 4. The fourth-order valence-corrected chi connectivity index (χ4v) is 2.95. The van der Waals surface area contributed by atoms with Gasteiger partial charge in [0.2, 0.25) is 0 Å². The SMILES string of the molecule is Cc1snc(S/C=C/C(=O)c2ccccc2)c1C#N. The van der Waals surface area contributed by atoms with Crippen LogP contribution in [-0.4, -0.2) is 10.2 Å². The van der Waals surface area contributed by atoms with E-state index in [4.69, 9.17) is 5.26 Å². The van der Waals surface area contributed by atoms with E-state index in [1.54, 1.807) is 17.5 Å². The third-order valence-electron chi connectivity index (χ3n) is 2.40. The summed E-state index contributed by atoms with van der Waals surface area (Å²) in [5, 5.41) is 11.3. The highest BCUT2D eigenvalue weighted by Gasteiger charge is 2.09. The number of thioether (sulfide) groups is 1. The van der Waals surface area contributed by atoms with Gasteiger partial charge in [-0.15, -0.1) is 0 Å². The molecule has 0 spiro atoms. The van der Waals surface area contributed by atoms with Crippen LogP contribution in [-0.2, 0) is 0 Å². The van der Waals surface area contributed by atoms with Gasteiger partial charge >= 0.3 is 0 Å². The van der Waals surface area contributed by atoms with Crippen LogP contribution in [0.15, 0.2) is 46.8 Å². The first-order valence-corrected chi connectivity index (χ1v) is 7.16. The molecule has 1 heterocycles. The standard InChI is InChI=1S/C14H10N2OS2/c1-10-12(9-15)14(16-19-10)18-8-7-13(17)11-5-3-2-4-6-11/h2-8H,1H3/b8-7+. The number of benzene rings is 1. The minimum atomic E-state index is -0.0569. The Labute approximate surface area is 119 Å². The summed E-state index contributed by atoms with van der Waals surface area (Å²) in [6.45, 7) is 1.86. The summed E-state index contributed by atoms with van der Waals surface area (Å²) in [5.74, 6) is -0.0569. The number of aryl methyl sites for hydroxylation is 1. The largest absolute Gasteiger partial charge is 0.289 e. The van der Waals surface area contributed by atoms with Crippen LogP contribution < -0.4 is 0 Å². The molecule has 94 valence electrons. The molecular weight excluding hydrogens is 276 g/mol. The van der Waals surface area contributed by atoms with Crippen molar-refractivity contribution >= 4 is 29.1 Å². The Kier molecular flexibility index (Phi) is 4.50. The van der Waals surface area contributed by atoms with E-state index in [1.165, 1.54) is 29.4 Å². The van der Waals surface area contributed by atoms with Crippen molar-refractivity contribution < 1.29 is 4.79 Å². The second-order valence-electron chi connectivity index (χ2n) is 3.68. The molecule has 1 aromatic carbocycles. The molecular formula is C14H10N2OS2. The van der Waals surface area contributed by atoms with Crippen LogP contribution in [0, 0.1) is 18.3 Å². The second kappa shape index (κ2) is 6.32. The van der Waals surface area contributed by atoms with Crippen LogP contribution in [0.3, 0.4) is 0 Å². The van der Waals surface area contributed by atoms with Gasteiger partial charge in [-0.05, 0) is 29.9 Å².